The van der Waals surface area contributed by atoms with Crippen molar-refractivity contribution < 1.29 is 18.7 Å². The van der Waals surface area contributed by atoms with Crippen molar-refractivity contribution in [3.8, 4) is 11.3 Å². The molecule has 0 radical (unpaired) electrons. The largest absolute Gasteiger partial charge is 0.465 e. The third kappa shape index (κ3) is 4.07. The quantitative estimate of drug-likeness (QED) is 0.230. The monoisotopic (exact) mass is 487 g/mol. The van der Waals surface area contributed by atoms with Gasteiger partial charge >= 0.3 is 5.97 Å². The van der Waals surface area contributed by atoms with E-state index in [4.69, 9.17) is 44.0 Å². The van der Waals surface area contributed by atoms with Gasteiger partial charge in [-0.15, -0.1) is 0 Å². The van der Waals surface area contributed by atoms with Crippen LogP contribution in [0.3, 0.4) is 0 Å². The molecule has 4 rings (SSSR count). The Kier molecular flexibility index (Phi) is 6.15. The maximum absolute atomic E-state index is 13.2. The van der Waals surface area contributed by atoms with Gasteiger partial charge in [0.25, 0.3) is 0 Å². The van der Waals surface area contributed by atoms with E-state index >= 15 is 0 Å². The molecule has 2 heterocycles. The molecule has 0 fully saturated rings. The third-order valence-electron chi connectivity index (χ3n) is 4.97. The Balaban J connectivity index is 1.78. The predicted molar refractivity (Wildman–Crippen MR) is 126 cm³/mol. The minimum atomic E-state index is -0.706. The van der Waals surface area contributed by atoms with E-state index in [0.717, 1.165) is 0 Å². The van der Waals surface area contributed by atoms with E-state index in [2.05, 4.69) is 0 Å². The van der Waals surface area contributed by atoms with Crippen LogP contribution in [0.25, 0.3) is 17.4 Å². The van der Waals surface area contributed by atoms with Crippen molar-refractivity contribution in [2.75, 3.05) is 12.0 Å². The average molecular weight is 489 g/mol. The van der Waals surface area contributed by atoms with Gasteiger partial charge < -0.3 is 14.1 Å². The number of hydrogen-bond acceptors (Lipinski definition) is 5. The van der Waals surface area contributed by atoms with Crippen molar-refractivity contribution >= 4 is 58.3 Å². The summed E-state index contributed by atoms with van der Waals surface area (Å²) in [6.07, 6.45) is 1.57. The van der Waals surface area contributed by atoms with Gasteiger partial charge in [-0.1, -0.05) is 34.8 Å². The molecule has 32 heavy (non-hydrogen) atoms. The van der Waals surface area contributed by atoms with Gasteiger partial charge in [-0.25, -0.2) is 4.79 Å². The summed E-state index contributed by atoms with van der Waals surface area (Å²) in [5.41, 5.74) is 1.98. The van der Waals surface area contributed by atoms with Crippen LogP contribution in [0.1, 0.15) is 12.7 Å². The predicted octanol–water partition coefficient (Wildman–Crippen LogP) is 6.78. The molecular weight excluding hydrogens is 473 g/mol. The van der Waals surface area contributed by atoms with Crippen LogP contribution < -0.4 is 4.90 Å². The molecule has 0 saturated heterocycles. The lowest BCUT2D eigenvalue weighted by Crippen LogP contribution is -2.18. The lowest BCUT2D eigenvalue weighted by atomic mass is 10.1. The number of Topliss-reactive ketones (excluding diaryl/α,β-unsaturated/α-hetero) is 1. The lowest BCUT2D eigenvalue weighted by molar-refractivity contribution is -0.137. The molecule has 0 unspecified atom stereocenters. The molecule has 1 aliphatic heterocycles. The van der Waals surface area contributed by atoms with Gasteiger partial charge in [0.05, 0.1) is 17.8 Å². The third-order valence-corrected chi connectivity index (χ3v) is 5.77. The highest BCUT2D eigenvalue weighted by Gasteiger charge is 2.38. The zero-order valence-corrected chi connectivity index (χ0v) is 19.3. The summed E-state index contributed by atoms with van der Waals surface area (Å²) in [5, 5.41) is 1.51. The fraction of sp³-hybridized carbons (Fsp3) is 0.0833. The smallest absolute Gasteiger partial charge is 0.343 e. The SMILES string of the molecule is COC(=O)C1=C(C)N(c2ccc(Cl)cc2)/C(=C/c2ccc(-c3ccc(Cl)cc3Cl)o2)C1=O. The number of nitrogens with zero attached hydrogens (tertiary/aromatic N) is 1. The summed E-state index contributed by atoms with van der Waals surface area (Å²) in [7, 11) is 1.24. The first-order valence-electron chi connectivity index (χ1n) is 9.46. The second-order valence-corrected chi connectivity index (χ2v) is 8.23. The van der Waals surface area contributed by atoms with Crippen molar-refractivity contribution in [1.82, 2.24) is 0 Å². The van der Waals surface area contributed by atoms with Gasteiger partial charge in [0.15, 0.2) is 0 Å². The summed E-state index contributed by atoms with van der Waals surface area (Å²) in [6.45, 7) is 1.68. The van der Waals surface area contributed by atoms with Crippen molar-refractivity contribution in [3.63, 3.8) is 0 Å². The molecule has 0 saturated carbocycles. The van der Waals surface area contributed by atoms with E-state index < -0.39 is 11.8 Å². The Morgan fingerprint density at radius 3 is 2.34 bits per heavy atom. The molecule has 0 amide bonds. The number of anilines is 1. The number of halogens is 3. The Morgan fingerprint density at radius 1 is 1.00 bits per heavy atom. The molecule has 0 spiro atoms. The molecule has 8 heteroatoms. The van der Waals surface area contributed by atoms with E-state index in [1.807, 2.05) is 0 Å². The number of benzene rings is 2. The summed E-state index contributed by atoms with van der Waals surface area (Å²) >= 11 is 18.3. The number of carbonyl (C=O) groups is 2. The summed E-state index contributed by atoms with van der Waals surface area (Å²) in [4.78, 5) is 27.1. The van der Waals surface area contributed by atoms with Crippen molar-refractivity contribution in [2.45, 2.75) is 6.92 Å². The van der Waals surface area contributed by atoms with E-state index in [0.29, 0.717) is 43.5 Å². The van der Waals surface area contributed by atoms with E-state index in [1.54, 1.807) is 72.5 Å². The van der Waals surface area contributed by atoms with Crippen LogP contribution in [0.2, 0.25) is 15.1 Å². The first-order valence-corrected chi connectivity index (χ1v) is 10.6. The normalized spacial score (nSPS) is 15.1. The first kappa shape index (κ1) is 22.2. The van der Waals surface area contributed by atoms with Gasteiger partial charge in [-0.3, -0.25) is 4.79 Å². The van der Waals surface area contributed by atoms with E-state index in [1.165, 1.54) is 7.11 Å². The molecule has 3 aromatic rings. The highest BCUT2D eigenvalue weighted by atomic mass is 35.5. The van der Waals surface area contributed by atoms with Crippen LogP contribution in [0, 0.1) is 0 Å². The molecule has 0 N–H and O–H groups in total. The number of methoxy groups -OCH3 is 1. The van der Waals surface area contributed by atoms with Crippen molar-refractivity contribution in [1.29, 1.82) is 0 Å². The lowest BCUT2D eigenvalue weighted by Gasteiger charge is -2.21. The highest BCUT2D eigenvalue weighted by molar-refractivity contribution is 6.36. The second kappa shape index (κ2) is 8.87. The van der Waals surface area contributed by atoms with Crippen LogP contribution in [0.5, 0.6) is 0 Å². The van der Waals surface area contributed by atoms with Crippen LogP contribution in [-0.4, -0.2) is 18.9 Å². The van der Waals surface area contributed by atoms with Crippen LogP contribution in [-0.2, 0) is 14.3 Å². The second-order valence-electron chi connectivity index (χ2n) is 6.95. The molecule has 0 aliphatic carbocycles. The number of allylic oxidation sites excluding steroid dienone is 2. The van der Waals surface area contributed by atoms with Gasteiger partial charge in [0.2, 0.25) is 5.78 Å². The number of hydrogen-bond donors (Lipinski definition) is 0. The zero-order valence-electron chi connectivity index (χ0n) is 17.0. The molecule has 2 aromatic carbocycles. The summed E-state index contributed by atoms with van der Waals surface area (Å²) in [5.74, 6) is -0.248. The fourth-order valence-electron chi connectivity index (χ4n) is 3.48. The molecule has 0 bridgehead atoms. The number of esters is 1. The van der Waals surface area contributed by atoms with Gasteiger partial charge in [0, 0.05) is 33.1 Å². The van der Waals surface area contributed by atoms with Crippen LogP contribution in [0.15, 0.2) is 76.0 Å². The van der Waals surface area contributed by atoms with Crippen LogP contribution >= 0.6 is 34.8 Å². The molecule has 1 aliphatic rings. The maximum atomic E-state index is 13.2. The number of ether oxygens (including phenoxy) is 1. The number of carbonyl (C=O) groups excluding carboxylic acids is 2. The average Bonchev–Trinajstić information content (AvgIpc) is 3.31. The highest BCUT2D eigenvalue weighted by Crippen LogP contribution is 2.37. The zero-order chi connectivity index (χ0) is 23.0. The molecular formula is C24H16Cl3NO4. The van der Waals surface area contributed by atoms with Gasteiger partial charge in [0.1, 0.15) is 17.1 Å². The Hall–Kier alpha value is -2.99. The van der Waals surface area contributed by atoms with Gasteiger partial charge in [-0.2, -0.15) is 0 Å². The van der Waals surface area contributed by atoms with Crippen LogP contribution in [0.4, 0.5) is 5.69 Å². The van der Waals surface area contributed by atoms with E-state index in [9.17, 15) is 9.59 Å². The first-order chi connectivity index (χ1) is 15.3. The van der Waals surface area contributed by atoms with Crippen molar-refractivity contribution in [3.05, 3.63) is 92.4 Å². The fourth-order valence-corrected chi connectivity index (χ4v) is 4.11. The summed E-state index contributed by atoms with van der Waals surface area (Å²) in [6, 6.07) is 15.5. The number of rotatable bonds is 4. The van der Waals surface area contributed by atoms with Gasteiger partial charge in [-0.05, 0) is 61.5 Å². The molecule has 0 atom stereocenters. The Morgan fingerprint density at radius 2 is 1.69 bits per heavy atom. The number of ketones is 1. The topological polar surface area (TPSA) is 59.8 Å². The standard InChI is InChI=1S/C24H16Cl3NO4/c1-13-22(24(30)31-2)23(29)20(28(13)16-6-3-14(25)4-7-16)12-17-8-10-21(32-17)18-9-5-15(26)11-19(18)27/h3-12H,1-2H3/b20-12+. The molecule has 5 nitrogen and oxygen atoms in total. The Labute approximate surface area is 199 Å². The maximum Gasteiger partial charge on any atom is 0.343 e. The Bertz CT molecular complexity index is 1290. The summed E-state index contributed by atoms with van der Waals surface area (Å²) < 4.78 is 10.7. The van der Waals surface area contributed by atoms with E-state index in [-0.39, 0.29) is 11.3 Å². The molecule has 162 valence electrons. The molecule has 1 aromatic heterocycles. The van der Waals surface area contributed by atoms with Crippen molar-refractivity contribution in [2.24, 2.45) is 0 Å². The minimum Gasteiger partial charge on any atom is -0.465 e. The minimum absolute atomic E-state index is 0.0405. The number of furan rings is 1.